The third-order valence-corrected chi connectivity index (χ3v) is 9.18. The van der Waals surface area contributed by atoms with E-state index in [-0.39, 0.29) is 36.1 Å². The van der Waals surface area contributed by atoms with Gasteiger partial charge in [-0.25, -0.2) is 14.1 Å². The highest BCUT2D eigenvalue weighted by molar-refractivity contribution is 5.95. The van der Waals surface area contributed by atoms with Gasteiger partial charge in [-0.3, -0.25) is 19.2 Å². The van der Waals surface area contributed by atoms with E-state index in [0.717, 1.165) is 11.8 Å². The first-order chi connectivity index (χ1) is 24.1. The molecule has 12 nitrogen and oxygen atoms in total. The second kappa shape index (κ2) is 15.5. The lowest BCUT2D eigenvalue weighted by Gasteiger charge is -2.23. The maximum Gasteiger partial charge on any atom is 0.263 e. The van der Waals surface area contributed by atoms with E-state index in [2.05, 4.69) is 10.3 Å². The number of hydroxylamine groups is 2. The number of benzene rings is 1. The van der Waals surface area contributed by atoms with Gasteiger partial charge in [0.2, 0.25) is 5.95 Å². The summed E-state index contributed by atoms with van der Waals surface area (Å²) in [5, 5.41) is 9.55. The molecule has 2 aliphatic rings. The molecular formula is C36H40F2N6O6. The van der Waals surface area contributed by atoms with E-state index in [9.17, 15) is 23.2 Å². The normalized spacial score (nSPS) is 18.4. The van der Waals surface area contributed by atoms with E-state index in [1.807, 2.05) is 37.3 Å². The number of methoxy groups -OCH3 is 1. The number of para-hydroxylation sites is 1. The quantitative estimate of drug-likeness (QED) is 0.220. The van der Waals surface area contributed by atoms with Crippen LogP contribution in [0.3, 0.4) is 0 Å². The summed E-state index contributed by atoms with van der Waals surface area (Å²) in [7, 11) is 3.15. The zero-order valence-electron chi connectivity index (χ0n) is 28.2. The van der Waals surface area contributed by atoms with Crippen molar-refractivity contribution in [3.05, 3.63) is 99.4 Å². The van der Waals surface area contributed by atoms with Gasteiger partial charge in [0.25, 0.3) is 11.5 Å². The number of carbonyl (C=O) groups is 2. The Balaban J connectivity index is 1.30. The number of ketones is 1. The van der Waals surface area contributed by atoms with Crippen LogP contribution in [-0.2, 0) is 32.6 Å². The van der Waals surface area contributed by atoms with Gasteiger partial charge in [-0.15, -0.1) is 0 Å². The Kier molecular flexibility index (Phi) is 10.9. The molecule has 2 saturated heterocycles. The van der Waals surface area contributed by atoms with Gasteiger partial charge in [0, 0.05) is 88.8 Å². The summed E-state index contributed by atoms with van der Waals surface area (Å²) in [4.78, 5) is 49.9. The molecule has 0 saturated carbocycles. The minimum Gasteiger partial charge on any atom is -0.383 e. The molecule has 3 aromatic heterocycles. The van der Waals surface area contributed by atoms with Gasteiger partial charge in [-0.05, 0) is 49.6 Å². The van der Waals surface area contributed by atoms with Crippen LogP contribution in [-0.4, -0.2) is 82.1 Å². The molecule has 4 aromatic rings. The number of aromatic nitrogens is 4. The number of hydrogen-bond acceptors (Lipinski definition) is 9. The van der Waals surface area contributed by atoms with Crippen molar-refractivity contribution in [3.8, 4) is 16.9 Å². The van der Waals surface area contributed by atoms with E-state index >= 15 is 0 Å². The maximum atomic E-state index is 14.2. The lowest BCUT2D eigenvalue weighted by atomic mass is 9.91. The Morgan fingerprint density at radius 3 is 2.60 bits per heavy atom. The van der Waals surface area contributed by atoms with Crippen molar-refractivity contribution in [3.63, 3.8) is 0 Å². The Morgan fingerprint density at radius 2 is 1.88 bits per heavy atom. The molecule has 264 valence electrons. The highest BCUT2D eigenvalue weighted by atomic mass is 19.2. The number of rotatable bonds is 12. The number of ether oxygens (including phenoxy) is 2. The van der Waals surface area contributed by atoms with Crippen LogP contribution < -0.4 is 10.9 Å². The predicted octanol–water partition coefficient (Wildman–Crippen LogP) is 3.88. The van der Waals surface area contributed by atoms with Gasteiger partial charge >= 0.3 is 0 Å². The molecule has 0 aliphatic carbocycles. The molecule has 5 heterocycles. The lowest BCUT2D eigenvalue weighted by molar-refractivity contribution is -0.155. The van der Waals surface area contributed by atoms with Crippen LogP contribution in [0.4, 0.5) is 8.78 Å². The van der Waals surface area contributed by atoms with Gasteiger partial charge in [0.1, 0.15) is 17.5 Å². The molecule has 0 unspecified atom stereocenters. The fourth-order valence-corrected chi connectivity index (χ4v) is 6.54. The molecule has 1 N–H and O–H groups in total. The summed E-state index contributed by atoms with van der Waals surface area (Å²) < 4.78 is 41.5. The second-order valence-corrected chi connectivity index (χ2v) is 12.7. The van der Waals surface area contributed by atoms with Gasteiger partial charge in [0.05, 0.1) is 23.7 Å². The largest absolute Gasteiger partial charge is 0.383 e. The van der Waals surface area contributed by atoms with Crippen molar-refractivity contribution in [1.29, 1.82) is 0 Å². The van der Waals surface area contributed by atoms with E-state index < -0.39 is 29.3 Å². The third kappa shape index (κ3) is 7.73. The van der Waals surface area contributed by atoms with Crippen LogP contribution in [0.15, 0.2) is 59.7 Å². The number of nitrogens with zero attached hydrogens (tertiary/aromatic N) is 5. The topological polar surface area (TPSA) is 130 Å². The highest BCUT2D eigenvalue weighted by Crippen LogP contribution is 2.37. The van der Waals surface area contributed by atoms with Crippen LogP contribution in [0.5, 0.6) is 0 Å². The number of hydrogen-bond donors (Lipinski definition) is 1. The second-order valence-electron chi connectivity index (χ2n) is 12.7. The highest BCUT2D eigenvalue weighted by Gasteiger charge is 2.37. The van der Waals surface area contributed by atoms with Crippen LogP contribution in [0.25, 0.3) is 16.9 Å². The molecule has 0 radical (unpaired) electrons. The SMILES string of the molecule is COCCN1C[C@@H](CC(=O)Cc2c(C)c(-c3cc(C(=O)NC4CCOCC4)c(=O)n(C)c3)nn2-c2ccccc2)[C@H](c2cnc(F)c(F)c2)O1. The molecule has 2 fully saturated rings. The van der Waals surface area contributed by atoms with E-state index in [4.69, 9.17) is 19.4 Å². The molecule has 1 amide bonds. The standard InChI is InChI=1S/C36H40F2N6O6/c1-22-31(18-28(45)15-25-21-43(11-14-48-3)50-33(25)23-17-30(37)34(38)39-19-23)44(27-7-5-4-6-8-27)41-32(22)24-16-29(36(47)42(2)20-24)35(46)40-26-9-12-49-13-10-26/h4-8,16-17,19-20,25-26,33H,9-15,18,21H2,1-3H3,(H,40,46)/t25-,33+/m1/s1. The summed E-state index contributed by atoms with van der Waals surface area (Å²) in [5.41, 5.74) is 3.05. The monoisotopic (exact) mass is 690 g/mol. The Morgan fingerprint density at radius 1 is 1.12 bits per heavy atom. The smallest absolute Gasteiger partial charge is 0.263 e. The molecule has 2 aliphatic heterocycles. The van der Waals surface area contributed by atoms with Gasteiger partial charge in [-0.2, -0.15) is 14.6 Å². The summed E-state index contributed by atoms with van der Waals surface area (Å²) in [6.07, 6.45) is 3.57. The zero-order valence-corrected chi connectivity index (χ0v) is 28.2. The lowest BCUT2D eigenvalue weighted by Crippen LogP contribution is -2.41. The van der Waals surface area contributed by atoms with E-state index in [0.29, 0.717) is 73.8 Å². The van der Waals surface area contributed by atoms with Crippen LogP contribution in [0.1, 0.15) is 52.5 Å². The number of aryl methyl sites for hydroxylation is 1. The van der Waals surface area contributed by atoms with Crippen molar-refractivity contribution < 1.29 is 32.7 Å². The summed E-state index contributed by atoms with van der Waals surface area (Å²) in [6, 6.07) is 11.9. The van der Waals surface area contributed by atoms with Gasteiger partial charge in [-0.1, -0.05) is 18.2 Å². The molecule has 6 rings (SSSR count). The van der Waals surface area contributed by atoms with E-state index in [1.54, 1.807) is 36.2 Å². The predicted molar refractivity (Wildman–Crippen MR) is 179 cm³/mol. The number of nitrogens with one attached hydrogen (secondary N) is 1. The Bertz CT molecular complexity index is 1910. The molecule has 1 aromatic carbocycles. The van der Waals surface area contributed by atoms with Crippen molar-refractivity contribution in [2.24, 2.45) is 13.0 Å². The average molecular weight is 691 g/mol. The first-order valence-electron chi connectivity index (χ1n) is 16.6. The first-order valence-corrected chi connectivity index (χ1v) is 16.6. The zero-order chi connectivity index (χ0) is 35.4. The number of carbonyl (C=O) groups excluding carboxylic acids is 2. The average Bonchev–Trinajstić information content (AvgIpc) is 3.66. The minimum absolute atomic E-state index is 0.000184. The third-order valence-electron chi connectivity index (χ3n) is 9.18. The van der Waals surface area contributed by atoms with Crippen molar-refractivity contribution >= 4 is 11.7 Å². The fourth-order valence-electron chi connectivity index (χ4n) is 6.54. The summed E-state index contributed by atoms with van der Waals surface area (Å²) in [6.45, 7) is 4.13. The van der Waals surface area contributed by atoms with Gasteiger partial charge < -0.3 is 19.4 Å². The number of Topliss-reactive ketones (excluding diaryl/α,β-unsaturated/α-hetero) is 1. The molecule has 50 heavy (non-hydrogen) atoms. The Labute approximate surface area is 287 Å². The fraction of sp³-hybridized carbons (Fsp3) is 0.417. The maximum absolute atomic E-state index is 14.2. The minimum atomic E-state index is -1.21. The van der Waals surface area contributed by atoms with Gasteiger partial charge in [0.15, 0.2) is 5.82 Å². The van der Waals surface area contributed by atoms with Crippen molar-refractivity contribution in [2.45, 2.75) is 44.8 Å². The summed E-state index contributed by atoms with van der Waals surface area (Å²) >= 11 is 0. The van der Waals surface area contributed by atoms with Crippen molar-refractivity contribution in [1.82, 2.24) is 29.7 Å². The van der Waals surface area contributed by atoms with Crippen LogP contribution >= 0.6 is 0 Å². The summed E-state index contributed by atoms with van der Waals surface area (Å²) in [5.74, 6) is -3.25. The number of pyridine rings is 2. The van der Waals surface area contributed by atoms with Crippen molar-refractivity contribution in [2.75, 3.05) is 40.0 Å². The first kappa shape index (κ1) is 35.2. The van der Waals surface area contributed by atoms with E-state index in [1.165, 1.54) is 10.8 Å². The molecule has 0 spiro atoms. The molecular weight excluding hydrogens is 650 g/mol. The van der Waals surface area contributed by atoms with Crippen LogP contribution in [0.2, 0.25) is 0 Å². The Hall–Kier alpha value is -4.63. The molecule has 14 heteroatoms. The molecule has 0 bridgehead atoms. The van der Waals surface area contributed by atoms with Crippen LogP contribution in [0, 0.1) is 24.6 Å². The number of halogens is 2. The molecule has 2 atom stereocenters. The number of amides is 1.